The number of aryl methyl sites for hydroxylation is 1. The molecule has 0 saturated carbocycles. The molecule has 0 bridgehead atoms. The third kappa shape index (κ3) is 4.28. The van der Waals surface area contributed by atoms with E-state index in [4.69, 9.17) is 0 Å². The van der Waals surface area contributed by atoms with Crippen LogP contribution in [0.15, 0.2) is 54.9 Å². The summed E-state index contributed by atoms with van der Waals surface area (Å²) >= 11 is 0. The second-order valence-corrected chi connectivity index (χ2v) is 8.52. The molecule has 1 aliphatic rings. The number of anilines is 1. The molecule has 1 unspecified atom stereocenters. The summed E-state index contributed by atoms with van der Waals surface area (Å²) in [4.78, 5) is 45.2. The van der Waals surface area contributed by atoms with Gasteiger partial charge in [-0.3, -0.25) is 14.4 Å². The Morgan fingerprint density at radius 1 is 1.12 bits per heavy atom. The minimum atomic E-state index is -1.19. The van der Waals surface area contributed by atoms with Crippen LogP contribution in [0.5, 0.6) is 0 Å². The lowest BCUT2D eigenvalue weighted by Gasteiger charge is -2.43. The van der Waals surface area contributed by atoms with Crippen LogP contribution in [0, 0.1) is 12.7 Å². The Kier molecular flexibility index (Phi) is 6.19. The number of nitrogens with zero attached hydrogens (tertiary/aromatic N) is 3. The molecule has 176 valence electrons. The molecular formula is C25H26FN5O3. The van der Waals surface area contributed by atoms with Crippen molar-refractivity contribution in [1.82, 2.24) is 19.8 Å². The first kappa shape index (κ1) is 23.2. The fourth-order valence-electron chi connectivity index (χ4n) is 4.15. The second kappa shape index (κ2) is 9.09. The van der Waals surface area contributed by atoms with Gasteiger partial charge in [-0.2, -0.15) is 0 Å². The van der Waals surface area contributed by atoms with E-state index in [0.717, 1.165) is 11.1 Å². The van der Waals surface area contributed by atoms with Crippen LogP contribution in [0.25, 0.3) is 0 Å². The smallest absolute Gasteiger partial charge is 0.276 e. The number of carbonyl (C=O) groups excluding carboxylic acids is 3. The zero-order valence-electron chi connectivity index (χ0n) is 19.3. The van der Waals surface area contributed by atoms with E-state index in [1.54, 1.807) is 42.7 Å². The lowest BCUT2D eigenvalue weighted by atomic mass is 9.94. The molecule has 0 spiro atoms. The number of benzene rings is 2. The van der Waals surface area contributed by atoms with E-state index in [0.29, 0.717) is 5.69 Å². The van der Waals surface area contributed by atoms with Crippen LogP contribution in [-0.2, 0) is 17.9 Å². The van der Waals surface area contributed by atoms with Gasteiger partial charge in [0.05, 0.1) is 12.9 Å². The van der Waals surface area contributed by atoms with Crippen molar-refractivity contribution in [1.29, 1.82) is 0 Å². The molecule has 4 rings (SSSR count). The number of imidazole rings is 1. The number of amides is 3. The number of halogens is 1. The Balaban J connectivity index is 1.55. The maximum atomic E-state index is 13.4. The van der Waals surface area contributed by atoms with E-state index in [1.807, 2.05) is 19.1 Å². The second-order valence-electron chi connectivity index (χ2n) is 8.52. The van der Waals surface area contributed by atoms with Gasteiger partial charge in [-0.1, -0.05) is 29.8 Å². The van der Waals surface area contributed by atoms with Gasteiger partial charge in [-0.05, 0) is 50.6 Å². The molecule has 0 aliphatic carbocycles. The molecule has 0 fully saturated rings. The third-order valence-corrected chi connectivity index (χ3v) is 6.06. The van der Waals surface area contributed by atoms with E-state index in [9.17, 15) is 18.8 Å². The van der Waals surface area contributed by atoms with E-state index < -0.39 is 17.4 Å². The Hall–Kier alpha value is -4.01. The average molecular weight is 464 g/mol. The number of hydrogen-bond acceptors (Lipinski definition) is 4. The van der Waals surface area contributed by atoms with Crippen molar-refractivity contribution in [3.63, 3.8) is 0 Å². The molecular weight excluding hydrogens is 437 g/mol. The summed E-state index contributed by atoms with van der Waals surface area (Å²) in [5.74, 6) is -1.64. The summed E-state index contributed by atoms with van der Waals surface area (Å²) in [6.45, 7) is 6.01. The number of aromatic nitrogens is 2. The van der Waals surface area contributed by atoms with Crippen LogP contribution in [0.1, 0.15) is 46.0 Å². The van der Waals surface area contributed by atoms with Crippen molar-refractivity contribution in [3.05, 3.63) is 83.2 Å². The van der Waals surface area contributed by atoms with Crippen molar-refractivity contribution < 1.29 is 18.8 Å². The van der Waals surface area contributed by atoms with Gasteiger partial charge in [0.1, 0.15) is 17.1 Å². The minimum absolute atomic E-state index is 0.0118. The van der Waals surface area contributed by atoms with Crippen molar-refractivity contribution in [2.45, 2.75) is 39.4 Å². The zero-order valence-corrected chi connectivity index (χ0v) is 19.3. The van der Waals surface area contributed by atoms with Crippen LogP contribution in [0.3, 0.4) is 0 Å². The number of hydrogen-bond donors (Lipinski definition) is 2. The number of carbonyl (C=O) groups is 3. The standard InChI is InChI=1S/C25H26FN5O3/c1-4-31-23(33)21-20(22(32)29-19-11-5-16(2)6-12-19)28-15-30(21)14-25(31,3)24(34)27-13-17-7-9-18(26)10-8-17/h5-12,15H,4,13-14H2,1-3H3,(H,27,34)(H,29,32). The van der Waals surface area contributed by atoms with Gasteiger partial charge in [0.25, 0.3) is 11.8 Å². The van der Waals surface area contributed by atoms with Crippen LogP contribution < -0.4 is 10.6 Å². The molecule has 2 heterocycles. The lowest BCUT2D eigenvalue weighted by molar-refractivity contribution is -0.132. The Morgan fingerprint density at radius 3 is 2.44 bits per heavy atom. The van der Waals surface area contributed by atoms with Crippen LogP contribution in [-0.4, -0.2) is 44.3 Å². The van der Waals surface area contributed by atoms with Gasteiger partial charge in [0.15, 0.2) is 5.69 Å². The molecule has 3 aromatic rings. The summed E-state index contributed by atoms with van der Waals surface area (Å²) in [5, 5.41) is 5.61. The monoisotopic (exact) mass is 463 g/mol. The fraction of sp³-hybridized carbons (Fsp3) is 0.280. The molecule has 3 amide bonds. The summed E-state index contributed by atoms with van der Waals surface area (Å²) in [6, 6.07) is 13.1. The van der Waals surface area contributed by atoms with E-state index in [1.165, 1.54) is 23.4 Å². The van der Waals surface area contributed by atoms with Gasteiger partial charge in [-0.25, -0.2) is 9.37 Å². The summed E-state index contributed by atoms with van der Waals surface area (Å²) in [6.07, 6.45) is 1.41. The molecule has 0 saturated heterocycles. The van der Waals surface area contributed by atoms with Gasteiger partial charge in [0.2, 0.25) is 5.91 Å². The summed E-state index contributed by atoms with van der Waals surface area (Å²) < 4.78 is 14.7. The number of likely N-dealkylation sites (N-methyl/N-ethyl adjacent to an activating group) is 1. The fourth-order valence-corrected chi connectivity index (χ4v) is 4.15. The third-order valence-electron chi connectivity index (χ3n) is 6.06. The van der Waals surface area contributed by atoms with Crippen molar-refractivity contribution in [2.24, 2.45) is 0 Å². The first-order valence-electron chi connectivity index (χ1n) is 11.0. The topological polar surface area (TPSA) is 96.3 Å². The predicted molar refractivity (Wildman–Crippen MR) is 125 cm³/mol. The maximum Gasteiger partial charge on any atom is 0.276 e. The van der Waals surface area contributed by atoms with Gasteiger partial charge in [-0.15, -0.1) is 0 Å². The first-order chi connectivity index (χ1) is 16.2. The lowest BCUT2D eigenvalue weighted by Crippen LogP contribution is -2.63. The van der Waals surface area contributed by atoms with Gasteiger partial charge < -0.3 is 20.1 Å². The van der Waals surface area contributed by atoms with E-state index in [-0.39, 0.29) is 42.7 Å². The van der Waals surface area contributed by atoms with E-state index >= 15 is 0 Å². The molecule has 34 heavy (non-hydrogen) atoms. The maximum absolute atomic E-state index is 13.4. The number of rotatable bonds is 6. The van der Waals surface area contributed by atoms with Crippen molar-refractivity contribution in [2.75, 3.05) is 11.9 Å². The predicted octanol–water partition coefficient (Wildman–Crippen LogP) is 3.13. The minimum Gasteiger partial charge on any atom is -0.350 e. The molecule has 9 heteroatoms. The molecule has 2 aromatic carbocycles. The molecule has 1 aliphatic heterocycles. The molecule has 8 nitrogen and oxygen atoms in total. The Morgan fingerprint density at radius 2 is 1.79 bits per heavy atom. The van der Waals surface area contributed by atoms with Gasteiger partial charge >= 0.3 is 0 Å². The Bertz CT molecular complexity index is 1240. The van der Waals surface area contributed by atoms with Crippen molar-refractivity contribution in [3.8, 4) is 0 Å². The van der Waals surface area contributed by atoms with Crippen LogP contribution >= 0.6 is 0 Å². The van der Waals surface area contributed by atoms with Crippen LogP contribution in [0.2, 0.25) is 0 Å². The summed E-state index contributed by atoms with van der Waals surface area (Å²) in [7, 11) is 0. The molecule has 1 atom stereocenters. The molecule has 0 radical (unpaired) electrons. The van der Waals surface area contributed by atoms with E-state index in [2.05, 4.69) is 15.6 Å². The van der Waals surface area contributed by atoms with Crippen molar-refractivity contribution >= 4 is 23.4 Å². The number of nitrogens with one attached hydrogen (secondary N) is 2. The Labute approximate surface area is 196 Å². The SMILES string of the molecule is CCN1C(=O)c2c(C(=O)Nc3ccc(C)cc3)ncn2CC1(C)C(=O)NCc1ccc(F)cc1. The summed E-state index contributed by atoms with van der Waals surface area (Å²) in [5.41, 5.74) is 1.36. The molecule has 2 N–H and O–H groups in total. The highest BCUT2D eigenvalue weighted by atomic mass is 19.1. The first-order valence-corrected chi connectivity index (χ1v) is 11.0. The number of fused-ring (bicyclic) bond motifs is 1. The highest BCUT2D eigenvalue weighted by Crippen LogP contribution is 2.29. The van der Waals surface area contributed by atoms with Gasteiger partial charge in [0, 0.05) is 18.8 Å². The largest absolute Gasteiger partial charge is 0.350 e. The normalized spacial score (nSPS) is 17.3. The quantitative estimate of drug-likeness (QED) is 0.587. The highest BCUT2D eigenvalue weighted by molar-refractivity contribution is 6.11. The zero-order chi connectivity index (χ0) is 24.5. The molecule has 1 aromatic heterocycles. The average Bonchev–Trinajstić information content (AvgIpc) is 3.24. The van der Waals surface area contributed by atoms with Crippen LogP contribution in [0.4, 0.5) is 10.1 Å². The highest BCUT2D eigenvalue weighted by Gasteiger charge is 2.48.